The van der Waals surface area contributed by atoms with Crippen LogP contribution in [0.3, 0.4) is 0 Å². The number of hydrogen-bond acceptors (Lipinski definition) is 2. The molecule has 0 N–H and O–H groups in total. The van der Waals surface area contributed by atoms with Crippen LogP contribution >= 0.6 is 0 Å². The molecule has 0 aliphatic carbocycles. The number of nitrogens with zero attached hydrogens (tertiary/aromatic N) is 1. The molecule has 0 spiro atoms. The van der Waals surface area contributed by atoms with Gasteiger partial charge in [-0.15, -0.1) is 0 Å². The number of methoxy groups -OCH3 is 1. The monoisotopic (exact) mass is 250 g/mol. The molecule has 0 radical (unpaired) electrons. The first-order chi connectivity index (χ1) is 8.61. The highest BCUT2D eigenvalue weighted by Gasteiger charge is 2.20. The van der Waals surface area contributed by atoms with Crippen LogP contribution in [-0.2, 0) is 18.4 Å². The van der Waals surface area contributed by atoms with Gasteiger partial charge >= 0.3 is 0 Å². The molecule has 0 aliphatic heterocycles. The van der Waals surface area contributed by atoms with E-state index in [9.17, 15) is 4.79 Å². The number of rotatable bonds is 7. The van der Waals surface area contributed by atoms with Crippen molar-refractivity contribution in [2.45, 2.75) is 46.1 Å². The van der Waals surface area contributed by atoms with Crippen molar-refractivity contribution < 1.29 is 14.1 Å². The Morgan fingerprint density at radius 1 is 1.33 bits per heavy atom. The van der Waals surface area contributed by atoms with Crippen LogP contribution in [0.5, 0.6) is 0 Å². The molecule has 0 saturated carbocycles. The van der Waals surface area contributed by atoms with Crippen molar-refractivity contribution in [1.29, 1.82) is 0 Å². The maximum Gasteiger partial charge on any atom is 0.218 e. The number of carbonyl (C=O) groups excluding carboxylic acids is 1. The van der Waals surface area contributed by atoms with Crippen LogP contribution in [0.25, 0.3) is 0 Å². The van der Waals surface area contributed by atoms with Gasteiger partial charge in [-0.3, -0.25) is 4.79 Å². The number of aromatic nitrogens is 1. The zero-order valence-corrected chi connectivity index (χ0v) is 12.0. The standard InChI is InChI=1S/C15H24NO2/c1-5-6-7-8-15(17)13-10-9-12(2)16(3)14(13)11-18-4/h9-10H,5-8,11H2,1-4H3/q+1. The van der Waals surface area contributed by atoms with Gasteiger partial charge in [-0.25, -0.2) is 4.57 Å². The van der Waals surface area contributed by atoms with Crippen LogP contribution in [-0.4, -0.2) is 12.9 Å². The molecule has 0 aromatic carbocycles. The fourth-order valence-corrected chi connectivity index (χ4v) is 2.04. The largest absolute Gasteiger partial charge is 0.374 e. The number of Topliss-reactive ketones (excluding diaryl/α,β-unsaturated/α-hetero) is 1. The number of pyridine rings is 1. The first kappa shape index (κ1) is 14.8. The third-order valence-electron chi connectivity index (χ3n) is 3.32. The smallest absolute Gasteiger partial charge is 0.218 e. The van der Waals surface area contributed by atoms with Crippen LogP contribution in [0.4, 0.5) is 0 Å². The van der Waals surface area contributed by atoms with Crippen LogP contribution in [0.1, 0.15) is 54.4 Å². The van der Waals surface area contributed by atoms with Crippen molar-refractivity contribution in [2.24, 2.45) is 7.05 Å². The van der Waals surface area contributed by atoms with E-state index in [1.54, 1.807) is 7.11 Å². The number of unbranched alkanes of at least 4 members (excludes halogenated alkanes) is 2. The Bertz CT molecular complexity index is 413. The molecule has 0 fully saturated rings. The molecule has 0 atom stereocenters. The Labute approximate surface area is 110 Å². The Morgan fingerprint density at radius 2 is 2.06 bits per heavy atom. The van der Waals surface area contributed by atoms with Gasteiger partial charge in [0.25, 0.3) is 0 Å². The fraction of sp³-hybridized carbons (Fsp3) is 0.600. The van der Waals surface area contributed by atoms with Crippen molar-refractivity contribution in [2.75, 3.05) is 7.11 Å². The van der Waals surface area contributed by atoms with E-state index in [2.05, 4.69) is 6.92 Å². The minimum absolute atomic E-state index is 0.228. The lowest BCUT2D eigenvalue weighted by atomic mass is 10.0. The van der Waals surface area contributed by atoms with Crippen LogP contribution in [0, 0.1) is 6.92 Å². The SMILES string of the molecule is CCCCCC(=O)c1ccc(C)[n+](C)c1COC. The van der Waals surface area contributed by atoms with Crippen molar-refractivity contribution in [3.05, 3.63) is 29.1 Å². The molecule has 3 heteroatoms. The zero-order valence-electron chi connectivity index (χ0n) is 12.0. The Balaban J connectivity index is 2.93. The van der Waals surface area contributed by atoms with E-state index in [0.717, 1.165) is 36.2 Å². The van der Waals surface area contributed by atoms with Crippen LogP contribution in [0.15, 0.2) is 12.1 Å². The molecule has 0 aliphatic rings. The van der Waals surface area contributed by atoms with Gasteiger partial charge < -0.3 is 4.74 Å². The summed E-state index contributed by atoms with van der Waals surface area (Å²) in [4.78, 5) is 12.2. The van der Waals surface area contributed by atoms with Gasteiger partial charge in [0.1, 0.15) is 13.7 Å². The third kappa shape index (κ3) is 3.64. The highest BCUT2D eigenvalue weighted by molar-refractivity contribution is 5.96. The molecule has 0 amide bonds. The molecule has 100 valence electrons. The fourth-order valence-electron chi connectivity index (χ4n) is 2.04. The first-order valence-electron chi connectivity index (χ1n) is 6.62. The summed E-state index contributed by atoms with van der Waals surface area (Å²) in [5.74, 6) is 0.228. The Kier molecular flexibility index (Phi) is 5.99. The lowest BCUT2D eigenvalue weighted by molar-refractivity contribution is -0.687. The predicted molar refractivity (Wildman–Crippen MR) is 71.5 cm³/mol. The summed E-state index contributed by atoms with van der Waals surface area (Å²) >= 11 is 0. The van der Waals surface area contributed by atoms with Crippen LogP contribution < -0.4 is 4.57 Å². The summed E-state index contributed by atoms with van der Waals surface area (Å²) in [7, 11) is 3.64. The minimum atomic E-state index is 0.228. The molecular weight excluding hydrogens is 226 g/mol. The second-order valence-electron chi connectivity index (χ2n) is 4.71. The number of hydrogen-bond donors (Lipinski definition) is 0. The molecule has 3 nitrogen and oxygen atoms in total. The number of ketones is 1. The lowest BCUT2D eigenvalue weighted by Crippen LogP contribution is -2.39. The van der Waals surface area contributed by atoms with Crippen LogP contribution in [0.2, 0.25) is 0 Å². The second-order valence-corrected chi connectivity index (χ2v) is 4.71. The molecule has 1 aromatic heterocycles. The third-order valence-corrected chi connectivity index (χ3v) is 3.32. The summed E-state index contributed by atoms with van der Waals surface area (Å²) in [5.41, 5.74) is 2.91. The topological polar surface area (TPSA) is 30.2 Å². The van der Waals surface area contributed by atoms with E-state index >= 15 is 0 Å². The molecule has 1 aromatic rings. The number of carbonyl (C=O) groups is 1. The van der Waals surface area contributed by atoms with E-state index in [1.165, 1.54) is 0 Å². The van der Waals surface area contributed by atoms with E-state index in [-0.39, 0.29) is 5.78 Å². The summed E-state index contributed by atoms with van der Waals surface area (Å²) in [6.45, 7) is 4.66. The maximum absolute atomic E-state index is 12.2. The normalized spacial score (nSPS) is 10.7. The highest BCUT2D eigenvalue weighted by atomic mass is 16.5. The molecule has 1 heterocycles. The van der Waals surface area contributed by atoms with Gasteiger partial charge in [-0.05, 0) is 12.5 Å². The summed E-state index contributed by atoms with van der Waals surface area (Å²) in [6.07, 6.45) is 3.86. The quantitative estimate of drug-likeness (QED) is 0.423. The Hall–Kier alpha value is -1.22. The molecule has 1 rings (SSSR count). The van der Waals surface area contributed by atoms with Gasteiger partial charge in [0.15, 0.2) is 11.5 Å². The van der Waals surface area contributed by atoms with E-state index in [4.69, 9.17) is 4.74 Å². The van der Waals surface area contributed by atoms with Gasteiger partial charge in [0.2, 0.25) is 5.69 Å². The van der Waals surface area contributed by atoms with E-state index in [1.807, 2.05) is 30.7 Å². The van der Waals surface area contributed by atoms with Gasteiger partial charge in [0, 0.05) is 26.5 Å². The maximum atomic E-state index is 12.2. The predicted octanol–water partition coefficient (Wildman–Crippen LogP) is 2.73. The van der Waals surface area contributed by atoms with Gasteiger partial charge in [-0.2, -0.15) is 0 Å². The molecule has 0 bridgehead atoms. The highest BCUT2D eigenvalue weighted by Crippen LogP contribution is 2.12. The average molecular weight is 250 g/mol. The Morgan fingerprint density at radius 3 is 2.67 bits per heavy atom. The van der Waals surface area contributed by atoms with Gasteiger partial charge in [0.05, 0.1) is 5.56 Å². The van der Waals surface area contributed by atoms with Crippen molar-refractivity contribution >= 4 is 5.78 Å². The summed E-state index contributed by atoms with van der Waals surface area (Å²) in [5, 5.41) is 0. The molecule has 18 heavy (non-hydrogen) atoms. The molecule has 0 saturated heterocycles. The average Bonchev–Trinajstić information content (AvgIpc) is 2.35. The summed E-state index contributed by atoms with van der Waals surface area (Å²) in [6, 6.07) is 3.92. The van der Waals surface area contributed by atoms with Crippen molar-refractivity contribution in [3.8, 4) is 0 Å². The second kappa shape index (κ2) is 7.27. The zero-order chi connectivity index (χ0) is 13.5. The van der Waals surface area contributed by atoms with E-state index < -0.39 is 0 Å². The minimum Gasteiger partial charge on any atom is -0.374 e. The van der Waals surface area contributed by atoms with Gasteiger partial charge in [-0.1, -0.05) is 19.8 Å². The lowest BCUT2D eigenvalue weighted by Gasteiger charge is -2.07. The summed E-state index contributed by atoms with van der Waals surface area (Å²) < 4.78 is 7.25. The first-order valence-corrected chi connectivity index (χ1v) is 6.62. The van der Waals surface area contributed by atoms with Crippen molar-refractivity contribution in [1.82, 2.24) is 0 Å². The molecular formula is C15H24NO2+. The van der Waals surface area contributed by atoms with E-state index in [0.29, 0.717) is 13.0 Å². The van der Waals surface area contributed by atoms with Crippen molar-refractivity contribution in [3.63, 3.8) is 0 Å². The number of aryl methyl sites for hydroxylation is 1. The number of ether oxygens (including phenoxy) is 1. The molecule has 0 unspecified atom stereocenters.